The number of carbonyl (C=O) groups is 1. The summed E-state index contributed by atoms with van der Waals surface area (Å²) in [5.74, 6) is 1.28. The summed E-state index contributed by atoms with van der Waals surface area (Å²) in [5.41, 5.74) is 5.51. The summed E-state index contributed by atoms with van der Waals surface area (Å²) in [7, 11) is 3.26. The molecule has 180 valence electrons. The van der Waals surface area contributed by atoms with Gasteiger partial charge in [-0.3, -0.25) is 4.79 Å². The highest BCUT2D eigenvalue weighted by molar-refractivity contribution is 7.13. The molecule has 4 aromatic rings. The zero-order chi connectivity index (χ0) is 24.8. The molecule has 0 aliphatic heterocycles. The zero-order valence-electron chi connectivity index (χ0n) is 20.2. The fraction of sp³-hybridized carbons (Fsp3) is 0.214. The van der Waals surface area contributed by atoms with Crippen LogP contribution in [-0.4, -0.2) is 36.2 Å². The third kappa shape index (κ3) is 5.30. The topological polar surface area (TPSA) is 65.4 Å². The molecular formula is C28H29N3O3S. The molecule has 2 aromatic carbocycles. The van der Waals surface area contributed by atoms with Crippen molar-refractivity contribution in [2.75, 3.05) is 20.8 Å². The number of nitrogens with one attached hydrogen (secondary N) is 1. The van der Waals surface area contributed by atoms with Crippen molar-refractivity contribution in [2.24, 2.45) is 0 Å². The number of aromatic nitrogens is 2. The number of thiazole rings is 1. The van der Waals surface area contributed by atoms with Gasteiger partial charge in [-0.05, 0) is 37.1 Å². The van der Waals surface area contributed by atoms with E-state index in [9.17, 15) is 4.79 Å². The fourth-order valence-corrected chi connectivity index (χ4v) is 4.84. The molecule has 0 radical (unpaired) electrons. The van der Waals surface area contributed by atoms with Crippen LogP contribution in [0.1, 0.15) is 21.6 Å². The van der Waals surface area contributed by atoms with Crippen molar-refractivity contribution in [1.29, 1.82) is 0 Å². The number of carbonyl (C=O) groups excluding carboxylic acids is 1. The number of ether oxygens (including phenoxy) is 2. The number of nitrogens with zero attached hydrogens (tertiary/aromatic N) is 2. The first-order chi connectivity index (χ1) is 17.0. The first-order valence-electron chi connectivity index (χ1n) is 11.4. The third-order valence-corrected chi connectivity index (χ3v) is 6.77. The van der Waals surface area contributed by atoms with Crippen LogP contribution < -0.4 is 14.8 Å². The minimum Gasteiger partial charge on any atom is -0.493 e. The molecule has 0 aliphatic rings. The van der Waals surface area contributed by atoms with Crippen molar-refractivity contribution in [3.63, 3.8) is 0 Å². The van der Waals surface area contributed by atoms with Crippen molar-refractivity contribution in [3.8, 4) is 33.5 Å². The Hall–Kier alpha value is -3.84. The van der Waals surface area contributed by atoms with E-state index in [0.29, 0.717) is 30.2 Å². The van der Waals surface area contributed by atoms with Gasteiger partial charge >= 0.3 is 0 Å². The average Bonchev–Trinajstić information content (AvgIpc) is 3.51. The van der Waals surface area contributed by atoms with Crippen LogP contribution in [0, 0.1) is 6.92 Å². The highest BCUT2D eigenvalue weighted by atomic mass is 32.1. The summed E-state index contributed by atoms with van der Waals surface area (Å²) < 4.78 is 13.0. The van der Waals surface area contributed by atoms with E-state index in [1.165, 1.54) is 0 Å². The van der Waals surface area contributed by atoms with E-state index < -0.39 is 0 Å². The van der Waals surface area contributed by atoms with Crippen molar-refractivity contribution in [1.82, 2.24) is 14.9 Å². The lowest BCUT2D eigenvalue weighted by Crippen LogP contribution is -2.23. The van der Waals surface area contributed by atoms with Crippen molar-refractivity contribution in [3.05, 3.63) is 89.5 Å². The molecule has 0 saturated carbocycles. The number of rotatable bonds is 10. The molecule has 7 heteroatoms. The Kier molecular flexibility index (Phi) is 7.67. The molecule has 1 amide bonds. The van der Waals surface area contributed by atoms with Gasteiger partial charge in [0.2, 0.25) is 0 Å². The highest BCUT2D eigenvalue weighted by Gasteiger charge is 2.20. The Balaban J connectivity index is 1.68. The zero-order valence-corrected chi connectivity index (χ0v) is 21.0. The summed E-state index contributed by atoms with van der Waals surface area (Å²) in [6, 6.07) is 18.0. The molecule has 1 N–H and O–H groups in total. The van der Waals surface area contributed by atoms with E-state index in [1.54, 1.807) is 31.6 Å². The first-order valence-corrected chi connectivity index (χ1v) is 12.2. The Morgan fingerprint density at radius 2 is 1.89 bits per heavy atom. The SMILES string of the molecule is C=CCNC(=O)c1cc(-c2csc(-c3ccccc3)n2)n(CCc2ccc(OC)c(OC)c2)c1C. The monoisotopic (exact) mass is 487 g/mol. The standard InChI is InChI=1S/C28H29N3O3S/c1-5-14-29-27(32)22-17-24(23-18-35-28(30-23)21-9-7-6-8-10-21)31(19(22)2)15-13-20-11-12-25(33-3)26(16-20)34-4/h5-12,16-18H,1,13-15H2,2-4H3,(H,29,32). The van der Waals surface area contributed by atoms with E-state index in [1.807, 2.05) is 49.4 Å². The summed E-state index contributed by atoms with van der Waals surface area (Å²) in [6.07, 6.45) is 2.43. The second-order valence-electron chi connectivity index (χ2n) is 8.02. The number of amides is 1. The molecule has 0 bridgehead atoms. The van der Waals surface area contributed by atoms with Gasteiger partial charge in [0.1, 0.15) is 5.01 Å². The molecule has 0 saturated heterocycles. The van der Waals surface area contributed by atoms with Crippen LogP contribution in [0.2, 0.25) is 0 Å². The molecule has 0 spiro atoms. The molecule has 0 fully saturated rings. The fourth-order valence-electron chi connectivity index (χ4n) is 4.02. The van der Waals surface area contributed by atoms with Crippen LogP contribution >= 0.6 is 11.3 Å². The molecule has 35 heavy (non-hydrogen) atoms. The number of hydrogen-bond acceptors (Lipinski definition) is 5. The van der Waals surface area contributed by atoms with Crippen molar-refractivity contribution < 1.29 is 14.3 Å². The summed E-state index contributed by atoms with van der Waals surface area (Å²) in [6.45, 7) is 6.77. The molecule has 0 aliphatic carbocycles. The largest absolute Gasteiger partial charge is 0.493 e. The Morgan fingerprint density at radius 3 is 2.60 bits per heavy atom. The van der Waals surface area contributed by atoms with Gasteiger partial charge in [0.25, 0.3) is 5.91 Å². The maximum Gasteiger partial charge on any atom is 0.253 e. The Bertz CT molecular complexity index is 1320. The van der Waals surface area contributed by atoms with Gasteiger partial charge in [-0.25, -0.2) is 4.98 Å². The smallest absolute Gasteiger partial charge is 0.253 e. The second-order valence-corrected chi connectivity index (χ2v) is 8.88. The maximum absolute atomic E-state index is 12.9. The molecule has 2 heterocycles. The summed E-state index contributed by atoms with van der Waals surface area (Å²) in [4.78, 5) is 17.8. The molecular weight excluding hydrogens is 458 g/mol. The van der Waals surface area contributed by atoms with E-state index >= 15 is 0 Å². The van der Waals surface area contributed by atoms with E-state index in [4.69, 9.17) is 14.5 Å². The lowest BCUT2D eigenvalue weighted by molar-refractivity contribution is 0.0957. The van der Waals surface area contributed by atoms with Gasteiger partial charge in [-0.15, -0.1) is 17.9 Å². The average molecular weight is 488 g/mol. The Morgan fingerprint density at radius 1 is 1.11 bits per heavy atom. The van der Waals surface area contributed by atoms with Crippen LogP contribution in [0.15, 0.2) is 72.6 Å². The van der Waals surface area contributed by atoms with Crippen molar-refractivity contribution in [2.45, 2.75) is 19.9 Å². The van der Waals surface area contributed by atoms with Gasteiger partial charge in [0, 0.05) is 29.7 Å². The minimum absolute atomic E-state index is 0.118. The van der Waals surface area contributed by atoms with Gasteiger partial charge in [0.05, 0.1) is 31.2 Å². The van der Waals surface area contributed by atoms with Gasteiger partial charge in [-0.2, -0.15) is 0 Å². The molecule has 4 rings (SSSR count). The third-order valence-electron chi connectivity index (χ3n) is 5.88. The normalized spacial score (nSPS) is 10.7. The highest BCUT2D eigenvalue weighted by Crippen LogP contribution is 2.32. The minimum atomic E-state index is -0.118. The lowest BCUT2D eigenvalue weighted by Gasteiger charge is -2.13. The van der Waals surface area contributed by atoms with Crippen LogP contribution in [-0.2, 0) is 13.0 Å². The lowest BCUT2D eigenvalue weighted by atomic mass is 10.1. The van der Waals surface area contributed by atoms with E-state index in [0.717, 1.165) is 39.6 Å². The number of benzene rings is 2. The summed E-state index contributed by atoms with van der Waals surface area (Å²) in [5, 5.41) is 5.89. The predicted molar refractivity (Wildman–Crippen MR) is 141 cm³/mol. The Labute approximate surface area is 209 Å². The molecule has 2 aromatic heterocycles. The number of aryl methyl sites for hydroxylation is 1. The van der Waals surface area contributed by atoms with E-state index in [2.05, 4.69) is 34.0 Å². The van der Waals surface area contributed by atoms with Crippen LogP contribution in [0.5, 0.6) is 11.5 Å². The quantitative estimate of drug-likeness (QED) is 0.289. The predicted octanol–water partition coefficient (Wildman–Crippen LogP) is 5.76. The molecule has 6 nitrogen and oxygen atoms in total. The molecule has 0 atom stereocenters. The van der Waals surface area contributed by atoms with Crippen LogP contribution in [0.25, 0.3) is 22.0 Å². The number of methoxy groups -OCH3 is 2. The van der Waals surface area contributed by atoms with Gasteiger partial charge in [-0.1, -0.05) is 42.5 Å². The van der Waals surface area contributed by atoms with Crippen LogP contribution in [0.4, 0.5) is 0 Å². The summed E-state index contributed by atoms with van der Waals surface area (Å²) >= 11 is 1.60. The molecule has 0 unspecified atom stereocenters. The first kappa shape index (κ1) is 24.3. The maximum atomic E-state index is 12.9. The van der Waals surface area contributed by atoms with Crippen LogP contribution in [0.3, 0.4) is 0 Å². The van der Waals surface area contributed by atoms with E-state index in [-0.39, 0.29) is 5.91 Å². The van der Waals surface area contributed by atoms with Gasteiger partial charge < -0.3 is 19.4 Å². The number of hydrogen-bond donors (Lipinski definition) is 1. The second kappa shape index (κ2) is 11.1. The van der Waals surface area contributed by atoms with Crippen molar-refractivity contribution >= 4 is 17.2 Å². The van der Waals surface area contributed by atoms with Gasteiger partial charge in [0.15, 0.2) is 11.5 Å².